The van der Waals surface area contributed by atoms with E-state index in [-0.39, 0.29) is 16.5 Å². The van der Waals surface area contributed by atoms with Crippen molar-refractivity contribution in [2.75, 3.05) is 12.8 Å². The summed E-state index contributed by atoms with van der Waals surface area (Å²) in [6.45, 7) is 1.78. The Morgan fingerprint density at radius 2 is 1.63 bits per heavy atom. The van der Waals surface area contributed by atoms with E-state index in [0.717, 1.165) is 11.6 Å². The van der Waals surface area contributed by atoms with Crippen LogP contribution >= 0.6 is 0 Å². The molecule has 0 aliphatic heterocycles. The van der Waals surface area contributed by atoms with E-state index in [0.29, 0.717) is 23.2 Å². The van der Waals surface area contributed by atoms with E-state index in [1.807, 2.05) is 0 Å². The number of nitrogen functional groups attached to an aromatic ring is 1. The SMILES string of the molecule is COc1cc(C)c(N=Nc2ccc3cc(S(=O)(=O)O)cc(S(=O)(=O)O)c3c2)cc1N. The topological polar surface area (TPSA) is 169 Å². The Balaban J connectivity index is 2.14. The average Bonchev–Trinajstić information content (AvgIpc) is 2.65. The minimum Gasteiger partial charge on any atom is -0.495 e. The molecule has 0 unspecified atom stereocenters. The van der Waals surface area contributed by atoms with Crippen LogP contribution in [0.15, 0.2) is 62.5 Å². The zero-order valence-electron chi connectivity index (χ0n) is 15.8. The molecule has 4 N–H and O–H groups in total. The fourth-order valence-corrected chi connectivity index (χ4v) is 4.14. The number of rotatable bonds is 5. The van der Waals surface area contributed by atoms with Gasteiger partial charge in [-0.2, -0.15) is 27.1 Å². The van der Waals surface area contributed by atoms with Gasteiger partial charge < -0.3 is 10.5 Å². The molecule has 3 rings (SSSR count). The van der Waals surface area contributed by atoms with Crippen molar-refractivity contribution in [3.8, 4) is 5.75 Å². The molecule has 0 atom stereocenters. The minimum atomic E-state index is -4.79. The van der Waals surface area contributed by atoms with Gasteiger partial charge in [-0.25, -0.2) is 0 Å². The zero-order chi connectivity index (χ0) is 22.3. The van der Waals surface area contributed by atoms with Gasteiger partial charge >= 0.3 is 0 Å². The van der Waals surface area contributed by atoms with Crippen LogP contribution in [0, 0.1) is 6.92 Å². The number of ether oxygens (including phenoxy) is 1. The van der Waals surface area contributed by atoms with Crippen LogP contribution in [-0.2, 0) is 20.2 Å². The second-order valence-corrected chi connectivity index (χ2v) is 9.17. The van der Waals surface area contributed by atoms with E-state index in [4.69, 9.17) is 10.5 Å². The number of fused-ring (bicyclic) bond motifs is 1. The highest BCUT2D eigenvalue weighted by Gasteiger charge is 2.20. The molecule has 0 bridgehead atoms. The molecule has 0 spiro atoms. The summed E-state index contributed by atoms with van der Waals surface area (Å²) in [6, 6.07) is 9.19. The molecular weight excluding hydrogens is 434 g/mol. The summed E-state index contributed by atoms with van der Waals surface area (Å²) in [6.07, 6.45) is 0. The molecule has 158 valence electrons. The summed E-state index contributed by atoms with van der Waals surface area (Å²) < 4.78 is 70.2. The maximum atomic E-state index is 11.8. The number of hydrogen-bond donors (Lipinski definition) is 3. The monoisotopic (exact) mass is 451 g/mol. The van der Waals surface area contributed by atoms with Gasteiger partial charge in [-0.3, -0.25) is 9.11 Å². The van der Waals surface area contributed by atoms with Gasteiger partial charge in [-0.1, -0.05) is 6.07 Å². The van der Waals surface area contributed by atoms with E-state index < -0.39 is 30.0 Å². The van der Waals surface area contributed by atoms with Crippen LogP contribution in [0.3, 0.4) is 0 Å². The van der Waals surface area contributed by atoms with Crippen molar-refractivity contribution in [2.45, 2.75) is 16.7 Å². The molecule has 10 nitrogen and oxygen atoms in total. The van der Waals surface area contributed by atoms with Crippen LogP contribution in [0.1, 0.15) is 5.56 Å². The van der Waals surface area contributed by atoms with Gasteiger partial charge in [0, 0.05) is 5.39 Å². The van der Waals surface area contributed by atoms with Crippen molar-refractivity contribution in [3.63, 3.8) is 0 Å². The number of methoxy groups -OCH3 is 1. The second kappa shape index (κ2) is 7.65. The largest absolute Gasteiger partial charge is 0.495 e. The molecule has 0 aliphatic carbocycles. The highest BCUT2D eigenvalue weighted by atomic mass is 32.2. The van der Waals surface area contributed by atoms with Crippen molar-refractivity contribution in [2.24, 2.45) is 10.2 Å². The molecule has 0 saturated carbocycles. The van der Waals surface area contributed by atoms with E-state index in [2.05, 4.69) is 10.2 Å². The van der Waals surface area contributed by atoms with Crippen molar-refractivity contribution in [1.29, 1.82) is 0 Å². The molecule has 0 aromatic heterocycles. The van der Waals surface area contributed by atoms with Gasteiger partial charge in [0.05, 0.1) is 29.1 Å². The van der Waals surface area contributed by atoms with Gasteiger partial charge in [-0.15, -0.1) is 0 Å². The van der Waals surface area contributed by atoms with Crippen molar-refractivity contribution < 1.29 is 30.7 Å². The average molecular weight is 451 g/mol. The minimum absolute atomic E-state index is 0.00677. The normalized spacial score (nSPS) is 12.5. The van der Waals surface area contributed by atoms with E-state index >= 15 is 0 Å². The molecule has 0 amide bonds. The summed E-state index contributed by atoms with van der Waals surface area (Å²) in [5, 5.41) is 8.33. The van der Waals surface area contributed by atoms with Crippen LogP contribution in [0.2, 0.25) is 0 Å². The Labute approximate surface area is 172 Å². The lowest BCUT2D eigenvalue weighted by Gasteiger charge is -2.08. The Hall–Kier alpha value is -3.06. The third kappa shape index (κ3) is 4.41. The first-order chi connectivity index (χ1) is 13.9. The first kappa shape index (κ1) is 21.6. The number of hydrogen-bond acceptors (Lipinski definition) is 8. The number of benzene rings is 3. The van der Waals surface area contributed by atoms with Crippen LogP contribution in [0.5, 0.6) is 5.75 Å². The van der Waals surface area contributed by atoms with E-state index in [9.17, 15) is 25.9 Å². The number of nitrogens with zero attached hydrogens (tertiary/aromatic N) is 2. The van der Waals surface area contributed by atoms with Crippen molar-refractivity contribution in [1.82, 2.24) is 0 Å². The lowest BCUT2D eigenvalue weighted by molar-refractivity contribution is 0.416. The molecule has 12 heteroatoms. The standard InChI is InChI=1S/C18H17N3O7S2/c1-10-5-17(28-2)15(19)9-16(10)21-20-12-4-3-11-6-13(29(22,23)24)8-18(14(11)7-12)30(25,26)27/h3-9H,19H2,1-2H3,(H,22,23,24)(H,25,26,27). The summed E-state index contributed by atoms with van der Waals surface area (Å²) in [4.78, 5) is -1.35. The molecule has 0 fully saturated rings. The first-order valence-electron chi connectivity index (χ1n) is 8.29. The summed E-state index contributed by atoms with van der Waals surface area (Å²) >= 11 is 0. The lowest BCUT2D eigenvalue weighted by atomic mass is 10.1. The third-order valence-corrected chi connectivity index (χ3v) is 6.00. The summed E-state index contributed by atoms with van der Waals surface area (Å²) in [5.41, 5.74) is 7.67. The fourth-order valence-electron chi connectivity index (χ4n) is 2.79. The summed E-state index contributed by atoms with van der Waals surface area (Å²) in [7, 11) is -7.99. The Morgan fingerprint density at radius 3 is 2.23 bits per heavy atom. The van der Waals surface area contributed by atoms with Gasteiger partial charge in [0.15, 0.2) is 0 Å². The highest BCUT2D eigenvalue weighted by molar-refractivity contribution is 7.86. The smallest absolute Gasteiger partial charge is 0.295 e. The zero-order valence-corrected chi connectivity index (χ0v) is 17.4. The number of nitrogens with two attached hydrogens (primary N) is 1. The molecule has 0 heterocycles. The lowest BCUT2D eigenvalue weighted by Crippen LogP contribution is -2.04. The van der Waals surface area contributed by atoms with E-state index in [1.54, 1.807) is 19.1 Å². The Kier molecular flexibility index (Phi) is 5.52. The van der Waals surface area contributed by atoms with Gasteiger partial charge in [0.2, 0.25) is 0 Å². The van der Waals surface area contributed by atoms with Gasteiger partial charge in [0.1, 0.15) is 10.6 Å². The number of anilines is 1. The molecule has 0 saturated heterocycles. The predicted octanol–water partition coefficient (Wildman–Crippen LogP) is 3.65. The molecule has 30 heavy (non-hydrogen) atoms. The molecule has 0 radical (unpaired) electrons. The van der Waals surface area contributed by atoms with Crippen molar-refractivity contribution in [3.05, 3.63) is 48.0 Å². The first-order valence-corrected chi connectivity index (χ1v) is 11.2. The third-order valence-electron chi connectivity index (χ3n) is 4.27. The maximum absolute atomic E-state index is 11.8. The van der Waals surface area contributed by atoms with Crippen LogP contribution in [0.4, 0.5) is 17.1 Å². The number of azo groups is 1. The second-order valence-electron chi connectivity index (χ2n) is 6.36. The van der Waals surface area contributed by atoms with Crippen molar-refractivity contribution >= 4 is 48.1 Å². The fraction of sp³-hybridized carbons (Fsp3) is 0.111. The maximum Gasteiger partial charge on any atom is 0.295 e. The quantitative estimate of drug-likeness (QED) is 0.300. The molecule has 3 aromatic rings. The van der Waals surface area contributed by atoms with Crippen LogP contribution in [0.25, 0.3) is 10.8 Å². The Bertz CT molecular complexity index is 1400. The molecular formula is C18H17N3O7S2. The van der Waals surface area contributed by atoms with Gasteiger partial charge in [-0.05, 0) is 54.3 Å². The van der Waals surface area contributed by atoms with Gasteiger partial charge in [0.25, 0.3) is 20.2 Å². The van der Waals surface area contributed by atoms with E-state index in [1.165, 1.54) is 25.3 Å². The van der Waals surface area contributed by atoms with Crippen LogP contribution < -0.4 is 10.5 Å². The molecule has 3 aromatic carbocycles. The van der Waals surface area contributed by atoms with Crippen LogP contribution in [-0.4, -0.2) is 33.1 Å². The number of aryl methyl sites for hydroxylation is 1. The summed E-state index contributed by atoms with van der Waals surface area (Å²) in [5.74, 6) is 0.490. The predicted molar refractivity (Wildman–Crippen MR) is 110 cm³/mol. The Morgan fingerprint density at radius 1 is 0.933 bits per heavy atom. The highest BCUT2D eigenvalue weighted by Crippen LogP contribution is 2.33. The molecule has 0 aliphatic rings.